The van der Waals surface area contributed by atoms with Crippen LogP contribution >= 0.6 is 11.8 Å². The summed E-state index contributed by atoms with van der Waals surface area (Å²) in [6.07, 6.45) is 2.12. The first-order chi connectivity index (χ1) is 9.88. The standard InChI is InChI=1S/C17H20N2S/c1-20-16-9-7-15(8-10-16)19-12-11-18-13-17(19)14-5-3-2-4-6-14/h2-10,17-18H,11-13H2,1H3. The van der Waals surface area contributed by atoms with Crippen molar-refractivity contribution in [3.8, 4) is 0 Å². The van der Waals surface area contributed by atoms with E-state index in [1.165, 1.54) is 16.1 Å². The van der Waals surface area contributed by atoms with Crippen LogP contribution < -0.4 is 10.2 Å². The molecule has 1 atom stereocenters. The van der Waals surface area contributed by atoms with Gasteiger partial charge in [0.25, 0.3) is 0 Å². The third-order valence-electron chi connectivity index (χ3n) is 3.83. The van der Waals surface area contributed by atoms with Crippen LogP contribution in [0.4, 0.5) is 5.69 Å². The van der Waals surface area contributed by atoms with Gasteiger partial charge in [-0.1, -0.05) is 30.3 Å². The molecule has 0 bridgehead atoms. The summed E-state index contributed by atoms with van der Waals surface area (Å²) in [6, 6.07) is 20.1. The van der Waals surface area contributed by atoms with E-state index in [9.17, 15) is 0 Å². The fourth-order valence-electron chi connectivity index (χ4n) is 2.76. The summed E-state index contributed by atoms with van der Waals surface area (Å²) in [5, 5.41) is 3.51. The van der Waals surface area contributed by atoms with Gasteiger partial charge in [0.15, 0.2) is 0 Å². The van der Waals surface area contributed by atoms with E-state index in [0.717, 1.165) is 19.6 Å². The number of thioether (sulfide) groups is 1. The van der Waals surface area contributed by atoms with Gasteiger partial charge in [-0.25, -0.2) is 0 Å². The predicted octanol–water partition coefficient (Wildman–Crippen LogP) is 3.56. The first-order valence-corrected chi connectivity index (χ1v) is 8.27. The smallest absolute Gasteiger partial charge is 0.0667 e. The maximum absolute atomic E-state index is 3.51. The lowest BCUT2D eigenvalue weighted by molar-refractivity contribution is 0.490. The zero-order chi connectivity index (χ0) is 13.8. The molecular formula is C17H20N2S. The average Bonchev–Trinajstić information content (AvgIpc) is 2.56. The summed E-state index contributed by atoms with van der Waals surface area (Å²) < 4.78 is 0. The van der Waals surface area contributed by atoms with Gasteiger partial charge in [0.2, 0.25) is 0 Å². The molecule has 0 aromatic heterocycles. The second-order valence-electron chi connectivity index (χ2n) is 5.02. The molecule has 3 rings (SSSR count). The molecule has 3 heteroatoms. The number of hydrogen-bond donors (Lipinski definition) is 1. The largest absolute Gasteiger partial charge is 0.362 e. The molecule has 1 saturated heterocycles. The molecule has 0 spiro atoms. The lowest BCUT2D eigenvalue weighted by atomic mass is 10.0. The highest BCUT2D eigenvalue weighted by Crippen LogP contribution is 2.29. The van der Waals surface area contributed by atoms with Crippen LogP contribution in [0, 0.1) is 0 Å². The van der Waals surface area contributed by atoms with Crippen LogP contribution in [0.3, 0.4) is 0 Å². The van der Waals surface area contributed by atoms with Crippen molar-refractivity contribution in [2.24, 2.45) is 0 Å². The normalized spacial score (nSPS) is 19.1. The summed E-state index contributed by atoms with van der Waals surface area (Å²) in [7, 11) is 0. The first kappa shape index (κ1) is 13.5. The van der Waals surface area contributed by atoms with Crippen molar-refractivity contribution in [2.75, 3.05) is 30.8 Å². The highest BCUT2D eigenvalue weighted by molar-refractivity contribution is 7.98. The lowest BCUT2D eigenvalue weighted by Crippen LogP contribution is -2.46. The molecule has 20 heavy (non-hydrogen) atoms. The van der Waals surface area contributed by atoms with Gasteiger partial charge < -0.3 is 10.2 Å². The molecule has 1 heterocycles. The van der Waals surface area contributed by atoms with Gasteiger partial charge in [0.1, 0.15) is 0 Å². The maximum atomic E-state index is 3.51. The van der Waals surface area contributed by atoms with Crippen molar-refractivity contribution in [3.05, 3.63) is 60.2 Å². The second-order valence-corrected chi connectivity index (χ2v) is 5.90. The Balaban J connectivity index is 1.88. The number of nitrogens with one attached hydrogen (secondary N) is 1. The van der Waals surface area contributed by atoms with E-state index in [-0.39, 0.29) is 0 Å². The van der Waals surface area contributed by atoms with Crippen LogP contribution in [-0.2, 0) is 0 Å². The Morgan fingerprint density at radius 3 is 2.50 bits per heavy atom. The van der Waals surface area contributed by atoms with E-state index in [1.54, 1.807) is 11.8 Å². The molecule has 1 aliphatic rings. The monoisotopic (exact) mass is 284 g/mol. The summed E-state index contributed by atoms with van der Waals surface area (Å²) in [5.74, 6) is 0. The Labute approximate surface area is 125 Å². The fraction of sp³-hybridized carbons (Fsp3) is 0.294. The number of rotatable bonds is 3. The molecule has 0 aliphatic carbocycles. The minimum Gasteiger partial charge on any atom is -0.362 e. The third-order valence-corrected chi connectivity index (χ3v) is 4.58. The molecule has 0 radical (unpaired) electrons. The Bertz CT molecular complexity index is 539. The molecule has 2 nitrogen and oxygen atoms in total. The van der Waals surface area contributed by atoms with Crippen molar-refractivity contribution in [1.82, 2.24) is 5.32 Å². The van der Waals surface area contributed by atoms with E-state index in [2.05, 4.69) is 71.1 Å². The Hall–Kier alpha value is -1.45. The quantitative estimate of drug-likeness (QED) is 0.868. The van der Waals surface area contributed by atoms with Gasteiger partial charge in [0.05, 0.1) is 6.04 Å². The summed E-state index contributed by atoms with van der Waals surface area (Å²) >= 11 is 1.79. The minimum absolute atomic E-state index is 0.421. The van der Waals surface area contributed by atoms with Gasteiger partial charge in [-0.3, -0.25) is 0 Å². The Morgan fingerprint density at radius 2 is 1.80 bits per heavy atom. The van der Waals surface area contributed by atoms with Gasteiger partial charge in [-0.2, -0.15) is 0 Å². The number of piperazine rings is 1. The molecule has 0 saturated carbocycles. The van der Waals surface area contributed by atoms with Crippen molar-refractivity contribution < 1.29 is 0 Å². The number of benzene rings is 2. The highest BCUT2D eigenvalue weighted by atomic mass is 32.2. The van der Waals surface area contributed by atoms with Crippen molar-refractivity contribution in [3.63, 3.8) is 0 Å². The number of hydrogen-bond acceptors (Lipinski definition) is 3. The molecule has 1 unspecified atom stereocenters. The third kappa shape index (κ3) is 2.84. The molecule has 2 aromatic carbocycles. The van der Waals surface area contributed by atoms with E-state index < -0.39 is 0 Å². The van der Waals surface area contributed by atoms with Crippen LogP contribution in [0.2, 0.25) is 0 Å². The van der Waals surface area contributed by atoms with Crippen molar-refractivity contribution in [1.29, 1.82) is 0 Å². The van der Waals surface area contributed by atoms with Crippen LogP contribution in [-0.4, -0.2) is 25.9 Å². The SMILES string of the molecule is CSc1ccc(N2CCNCC2c2ccccc2)cc1. The zero-order valence-corrected chi connectivity index (χ0v) is 12.6. The zero-order valence-electron chi connectivity index (χ0n) is 11.8. The van der Waals surface area contributed by atoms with E-state index >= 15 is 0 Å². The van der Waals surface area contributed by atoms with Crippen LogP contribution in [0.15, 0.2) is 59.5 Å². The molecule has 0 amide bonds. The van der Waals surface area contributed by atoms with E-state index in [4.69, 9.17) is 0 Å². The maximum Gasteiger partial charge on any atom is 0.0667 e. The van der Waals surface area contributed by atoms with Crippen LogP contribution in [0.1, 0.15) is 11.6 Å². The Kier molecular flexibility index (Phi) is 4.28. The molecule has 104 valence electrons. The van der Waals surface area contributed by atoms with Gasteiger partial charge in [-0.15, -0.1) is 11.8 Å². The Morgan fingerprint density at radius 1 is 1.05 bits per heavy atom. The first-order valence-electron chi connectivity index (χ1n) is 7.05. The molecular weight excluding hydrogens is 264 g/mol. The van der Waals surface area contributed by atoms with Crippen LogP contribution in [0.5, 0.6) is 0 Å². The molecule has 1 fully saturated rings. The van der Waals surface area contributed by atoms with Crippen molar-refractivity contribution in [2.45, 2.75) is 10.9 Å². The number of nitrogens with zero attached hydrogens (tertiary/aromatic N) is 1. The second kappa shape index (κ2) is 6.33. The van der Waals surface area contributed by atoms with E-state index in [0.29, 0.717) is 6.04 Å². The average molecular weight is 284 g/mol. The summed E-state index contributed by atoms with van der Waals surface area (Å²) in [6.45, 7) is 3.11. The van der Waals surface area contributed by atoms with Gasteiger partial charge >= 0.3 is 0 Å². The lowest BCUT2D eigenvalue weighted by Gasteiger charge is -2.38. The molecule has 1 aliphatic heterocycles. The molecule has 2 aromatic rings. The predicted molar refractivity (Wildman–Crippen MR) is 87.6 cm³/mol. The minimum atomic E-state index is 0.421. The van der Waals surface area contributed by atoms with Gasteiger partial charge in [-0.05, 0) is 36.1 Å². The van der Waals surface area contributed by atoms with Gasteiger partial charge in [0, 0.05) is 30.2 Å². The highest BCUT2D eigenvalue weighted by Gasteiger charge is 2.23. The van der Waals surface area contributed by atoms with Crippen molar-refractivity contribution >= 4 is 17.4 Å². The fourth-order valence-corrected chi connectivity index (χ4v) is 3.17. The van der Waals surface area contributed by atoms with Crippen LogP contribution in [0.25, 0.3) is 0 Å². The number of anilines is 1. The topological polar surface area (TPSA) is 15.3 Å². The van der Waals surface area contributed by atoms with E-state index in [1.807, 2.05) is 0 Å². The molecule has 1 N–H and O–H groups in total. The summed E-state index contributed by atoms with van der Waals surface area (Å²) in [5.41, 5.74) is 2.70. The summed E-state index contributed by atoms with van der Waals surface area (Å²) in [4.78, 5) is 3.83.